The zero-order chi connectivity index (χ0) is 11.7. The van der Waals surface area contributed by atoms with Crippen LogP contribution in [0.4, 0.5) is 0 Å². The maximum Gasteiger partial charge on any atom is 0.108 e. The molecule has 86 valence electrons. The second kappa shape index (κ2) is 4.49. The van der Waals surface area contributed by atoms with E-state index in [2.05, 4.69) is 17.6 Å². The Bertz CT molecular complexity index is 495. The smallest absolute Gasteiger partial charge is 0.108 e. The normalized spacial score (nSPS) is 15.2. The van der Waals surface area contributed by atoms with E-state index in [-0.39, 0.29) is 5.75 Å². The molecule has 0 aliphatic carbocycles. The Labute approximate surface area is 99.5 Å². The fourth-order valence-electron chi connectivity index (χ4n) is 1.81. The SMILES string of the molecule is Cc1ccc2[nH]cc(C(O)C(O)CS)c2c1. The summed E-state index contributed by atoms with van der Waals surface area (Å²) in [5.74, 6) is 0.236. The molecule has 0 aliphatic heterocycles. The molecule has 2 aromatic rings. The lowest BCUT2D eigenvalue weighted by Crippen LogP contribution is -2.19. The van der Waals surface area contributed by atoms with Crippen molar-refractivity contribution in [2.24, 2.45) is 0 Å². The first-order valence-electron chi connectivity index (χ1n) is 5.18. The fourth-order valence-corrected chi connectivity index (χ4v) is 2.01. The van der Waals surface area contributed by atoms with Crippen LogP contribution in [0, 0.1) is 6.92 Å². The largest absolute Gasteiger partial charge is 0.389 e. The van der Waals surface area contributed by atoms with E-state index in [0.717, 1.165) is 22.0 Å². The van der Waals surface area contributed by atoms with Gasteiger partial charge in [0.25, 0.3) is 0 Å². The second-order valence-corrected chi connectivity index (χ2v) is 4.35. The molecule has 2 rings (SSSR count). The van der Waals surface area contributed by atoms with Gasteiger partial charge in [0.2, 0.25) is 0 Å². The summed E-state index contributed by atoms with van der Waals surface area (Å²) in [6.45, 7) is 2.00. The summed E-state index contributed by atoms with van der Waals surface area (Å²) < 4.78 is 0. The Hall–Kier alpha value is -0.970. The number of fused-ring (bicyclic) bond motifs is 1. The van der Waals surface area contributed by atoms with Crippen molar-refractivity contribution < 1.29 is 10.2 Å². The molecule has 0 fully saturated rings. The lowest BCUT2D eigenvalue weighted by Gasteiger charge is -2.15. The summed E-state index contributed by atoms with van der Waals surface area (Å²) >= 11 is 3.98. The molecule has 1 heterocycles. The summed E-state index contributed by atoms with van der Waals surface area (Å²) in [7, 11) is 0. The Morgan fingerprint density at radius 1 is 1.38 bits per heavy atom. The minimum absolute atomic E-state index is 0.236. The first-order valence-corrected chi connectivity index (χ1v) is 5.81. The molecule has 3 N–H and O–H groups in total. The van der Waals surface area contributed by atoms with Gasteiger partial charge in [-0.15, -0.1) is 0 Å². The number of aliphatic hydroxyl groups excluding tert-OH is 2. The highest BCUT2D eigenvalue weighted by Crippen LogP contribution is 2.27. The van der Waals surface area contributed by atoms with Crippen LogP contribution in [-0.4, -0.2) is 27.1 Å². The first-order chi connectivity index (χ1) is 7.63. The van der Waals surface area contributed by atoms with E-state index in [1.54, 1.807) is 6.20 Å². The van der Waals surface area contributed by atoms with Gasteiger partial charge in [-0.05, 0) is 19.1 Å². The summed E-state index contributed by atoms with van der Waals surface area (Å²) in [4.78, 5) is 3.08. The molecule has 0 amide bonds. The number of aromatic amines is 1. The number of nitrogens with one attached hydrogen (secondary N) is 1. The maximum atomic E-state index is 9.95. The van der Waals surface area contributed by atoms with Crippen molar-refractivity contribution in [2.75, 3.05) is 5.75 Å². The molecule has 2 unspecified atom stereocenters. The van der Waals surface area contributed by atoms with E-state index >= 15 is 0 Å². The molecule has 0 radical (unpaired) electrons. The molecular formula is C12H15NO2S. The highest BCUT2D eigenvalue weighted by Gasteiger charge is 2.20. The van der Waals surface area contributed by atoms with E-state index in [4.69, 9.17) is 0 Å². The van der Waals surface area contributed by atoms with Crippen molar-refractivity contribution in [3.63, 3.8) is 0 Å². The van der Waals surface area contributed by atoms with Gasteiger partial charge in [-0.25, -0.2) is 0 Å². The molecule has 0 saturated carbocycles. The molecular weight excluding hydrogens is 222 g/mol. The van der Waals surface area contributed by atoms with Crippen LogP contribution in [0.2, 0.25) is 0 Å². The lowest BCUT2D eigenvalue weighted by molar-refractivity contribution is 0.0347. The van der Waals surface area contributed by atoms with Crippen LogP contribution in [0.15, 0.2) is 24.4 Å². The lowest BCUT2D eigenvalue weighted by atomic mass is 10.0. The molecule has 0 saturated heterocycles. The maximum absolute atomic E-state index is 9.95. The number of H-pyrrole nitrogens is 1. The van der Waals surface area contributed by atoms with Crippen LogP contribution in [-0.2, 0) is 0 Å². The van der Waals surface area contributed by atoms with Crippen molar-refractivity contribution in [1.82, 2.24) is 4.98 Å². The minimum Gasteiger partial charge on any atom is -0.389 e. The second-order valence-electron chi connectivity index (χ2n) is 3.99. The summed E-state index contributed by atoms with van der Waals surface area (Å²) in [5.41, 5.74) is 2.81. The molecule has 2 atom stereocenters. The average Bonchev–Trinajstić information content (AvgIpc) is 2.69. The van der Waals surface area contributed by atoms with Gasteiger partial charge in [-0.2, -0.15) is 12.6 Å². The first kappa shape index (κ1) is 11.5. The third kappa shape index (κ3) is 1.96. The number of benzene rings is 1. The van der Waals surface area contributed by atoms with Crippen molar-refractivity contribution in [3.05, 3.63) is 35.5 Å². The van der Waals surface area contributed by atoms with E-state index in [1.165, 1.54) is 0 Å². The molecule has 1 aromatic heterocycles. The number of thiol groups is 1. The Balaban J connectivity index is 2.48. The van der Waals surface area contributed by atoms with Gasteiger partial charge in [-0.1, -0.05) is 11.6 Å². The molecule has 16 heavy (non-hydrogen) atoms. The quantitative estimate of drug-likeness (QED) is 0.615. The number of hydrogen-bond acceptors (Lipinski definition) is 3. The molecule has 4 heteroatoms. The van der Waals surface area contributed by atoms with Gasteiger partial charge < -0.3 is 15.2 Å². The van der Waals surface area contributed by atoms with Gasteiger partial charge in [0.05, 0.1) is 6.10 Å². The molecule has 3 nitrogen and oxygen atoms in total. The fraction of sp³-hybridized carbons (Fsp3) is 0.333. The monoisotopic (exact) mass is 237 g/mol. The molecule has 0 aliphatic rings. The van der Waals surface area contributed by atoms with E-state index < -0.39 is 12.2 Å². The van der Waals surface area contributed by atoms with Gasteiger partial charge in [-0.3, -0.25) is 0 Å². The van der Waals surface area contributed by atoms with Gasteiger partial charge in [0, 0.05) is 28.4 Å². The van der Waals surface area contributed by atoms with Crippen LogP contribution in [0.5, 0.6) is 0 Å². The van der Waals surface area contributed by atoms with Crippen molar-refractivity contribution in [2.45, 2.75) is 19.1 Å². The number of hydrogen-bond donors (Lipinski definition) is 4. The van der Waals surface area contributed by atoms with Crippen LogP contribution in [0.25, 0.3) is 10.9 Å². The van der Waals surface area contributed by atoms with Crippen LogP contribution < -0.4 is 0 Å². The average molecular weight is 237 g/mol. The minimum atomic E-state index is -0.895. The van der Waals surface area contributed by atoms with Gasteiger partial charge in [0.15, 0.2) is 0 Å². The van der Waals surface area contributed by atoms with E-state index in [1.807, 2.05) is 25.1 Å². The standard InChI is InChI=1S/C12H15NO2S/c1-7-2-3-10-8(4-7)9(5-13-10)12(15)11(14)6-16/h2-5,11-16H,6H2,1H3. The van der Waals surface area contributed by atoms with Crippen molar-refractivity contribution in [1.29, 1.82) is 0 Å². The zero-order valence-electron chi connectivity index (χ0n) is 9.01. The summed E-state index contributed by atoms with van der Waals surface area (Å²) in [5, 5.41) is 20.5. The van der Waals surface area contributed by atoms with E-state index in [9.17, 15) is 10.2 Å². The number of aliphatic hydroxyl groups is 2. The Morgan fingerprint density at radius 3 is 2.81 bits per heavy atom. The number of aryl methyl sites for hydroxylation is 1. The third-order valence-corrected chi connectivity index (χ3v) is 3.11. The van der Waals surface area contributed by atoms with Gasteiger partial charge >= 0.3 is 0 Å². The van der Waals surface area contributed by atoms with Crippen molar-refractivity contribution in [3.8, 4) is 0 Å². The van der Waals surface area contributed by atoms with Crippen LogP contribution >= 0.6 is 12.6 Å². The topological polar surface area (TPSA) is 56.2 Å². The third-order valence-electron chi connectivity index (χ3n) is 2.74. The Kier molecular flexibility index (Phi) is 3.23. The highest BCUT2D eigenvalue weighted by molar-refractivity contribution is 7.80. The summed E-state index contributed by atoms with van der Waals surface area (Å²) in [6, 6.07) is 5.97. The van der Waals surface area contributed by atoms with Crippen molar-refractivity contribution >= 4 is 23.5 Å². The van der Waals surface area contributed by atoms with E-state index in [0.29, 0.717) is 0 Å². The summed E-state index contributed by atoms with van der Waals surface area (Å²) in [6.07, 6.45) is -0.00238. The van der Waals surface area contributed by atoms with Crippen LogP contribution in [0.1, 0.15) is 17.2 Å². The molecule has 0 bridgehead atoms. The van der Waals surface area contributed by atoms with Gasteiger partial charge in [0.1, 0.15) is 6.10 Å². The molecule has 0 spiro atoms. The predicted molar refractivity (Wildman–Crippen MR) is 67.9 cm³/mol. The predicted octanol–water partition coefficient (Wildman–Crippen LogP) is 1.80. The Morgan fingerprint density at radius 2 is 2.12 bits per heavy atom. The highest BCUT2D eigenvalue weighted by atomic mass is 32.1. The number of aromatic nitrogens is 1. The number of rotatable bonds is 3. The van der Waals surface area contributed by atoms with Crippen LogP contribution in [0.3, 0.4) is 0 Å². The zero-order valence-corrected chi connectivity index (χ0v) is 9.91. The molecule has 1 aromatic carbocycles.